The summed E-state index contributed by atoms with van der Waals surface area (Å²) in [4.78, 5) is 8.25. The van der Waals surface area contributed by atoms with Gasteiger partial charge in [-0.15, -0.1) is 4.33 Å². The van der Waals surface area contributed by atoms with Crippen molar-refractivity contribution >= 4 is 22.9 Å². The molecular formula is C10H11NO2S. The largest absolute Gasteiger partial charge is 0.361 e. The fourth-order valence-corrected chi connectivity index (χ4v) is 1.57. The van der Waals surface area contributed by atoms with E-state index in [-0.39, 0.29) is 0 Å². The highest BCUT2D eigenvalue weighted by molar-refractivity contribution is 7.93. The van der Waals surface area contributed by atoms with Crippen LogP contribution in [0.15, 0.2) is 24.4 Å². The van der Waals surface area contributed by atoms with Crippen molar-refractivity contribution < 1.29 is 9.22 Å². The summed E-state index contributed by atoms with van der Waals surface area (Å²) < 4.78 is 4.83. The molecule has 0 spiro atoms. The lowest BCUT2D eigenvalue weighted by molar-refractivity contribution is -0.0775. The fourth-order valence-electron chi connectivity index (χ4n) is 1.42. The molecule has 1 N–H and O–H groups in total. The van der Waals surface area contributed by atoms with Gasteiger partial charge in [-0.1, -0.05) is 0 Å². The molecular weight excluding hydrogens is 198 g/mol. The van der Waals surface area contributed by atoms with Crippen LogP contribution in [0.3, 0.4) is 0 Å². The predicted molar refractivity (Wildman–Crippen MR) is 58.3 cm³/mol. The average molecular weight is 209 g/mol. The first-order valence-electron chi connectivity index (χ1n) is 4.27. The van der Waals surface area contributed by atoms with Gasteiger partial charge in [-0.25, -0.2) is 0 Å². The third-order valence-electron chi connectivity index (χ3n) is 2.15. The minimum absolute atomic E-state index is 0.756. The number of fused-ring (bicyclic) bond motifs is 1. The Morgan fingerprint density at radius 1 is 1.29 bits per heavy atom. The molecule has 0 saturated heterocycles. The van der Waals surface area contributed by atoms with Gasteiger partial charge in [-0.3, -0.25) is 0 Å². The molecule has 1 aromatic carbocycles. The van der Waals surface area contributed by atoms with Gasteiger partial charge in [0.1, 0.15) is 0 Å². The third-order valence-corrected chi connectivity index (χ3v) is 2.35. The van der Waals surface area contributed by atoms with Crippen LogP contribution in [0.1, 0.15) is 5.56 Å². The van der Waals surface area contributed by atoms with E-state index < -0.39 is 0 Å². The van der Waals surface area contributed by atoms with Crippen LogP contribution in [0.2, 0.25) is 0 Å². The number of benzene rings is 1. The maximum atomic E-state index is 5.11. The standard InChI is InChI=1S/C10H11NO2S/c1-7-8-5-6-11-9(8)3-4-10(7)12-13-14-2/h3-6,11H,1-2H3. The molecule has 0 aliphatic rings. The molecule has 1 heterocycles. The first kappa shape index (κ1) is 9.43. The lowest BCUT2D eigenvalue weighted by atomic mass is 10.1. The van der Waals surface area contributed by atoms with Crippen molar-refractivity contribution in [2.24, 2.45) is 0 Å². The maximum absolute atomic E-state index is 5.11. The smallest absolute Gasteiger partial charge is 0.170 e. The van der Waals surface area contributed by atoms with Crippen LogP contribution in [0, 0.1) is 6.92 Å². The first-order valence-corrected chi connectivity index (χ1v) is 5.42. The van der Waals surface area contributed by atoms with Gasteiger partial charge < -0.3 is 9.87 Å². The molecule has 14 heavy (non-hydrogen) atoms. The third kappa shape index (κ3) is 1.58. The molecule has 2 aromatic rings. The highest BCUT2D eigenvalue weighted by atomic mass is 32.2. The van der Waals surface area contributed by atoms with Crippen LogP contribution in [-0.4, -0.2) is 11.2 Å². The number of rotatable bonds is 3. The topological polar surface area (TPSA) is 34.2 Å². The Morgan fingerprint density at radius 2 is 2.14 bits per heavy atom. The summed E-state index contributed by atoms with van der Waals surface area (Å²) in [7, 11) is 0. The van der Waals surface area contributed by atoms with E-state index in [0.29, 0.717) is 0 Å². The van der Waals surface area contributed by atoms with E-state index >= 15 is 0 Å². The molecule has 0 unspecified atom stereocenters. The van der Waals surface area contributed by atoms with Gasteiger partial charge in [-0.2, -0.15) is 0 Å². The Balaban J connectivity index is 2.40. The molecule has 74 valence electrons. The summed E-state index contributed by atoms with van der Waals surface area (Å²) in [5, 5.41) is 1.16. The summed E-state index contributed by atoms with van der Waals surface area (Å²) in [5.74, 6) is 0.756. The molecule has 1 aromatic heterocycles. The zero-order valence-electron chi connectivity index (χ0n) is 8.03. The van der Waals surface area contributed by atoms with Crippen molar-refractivity contribution in [3.05, 3.63) is 30.0 Å². The number of hydrogen-bond donors (Lipinski definition) is 1. The number of H-pyrrole nitrogens is 1. The number of nitrogens with one attached hydrogen (secondary N) is 1. The molecule has 0 aliphatic carbocycles. The van der Waals surface area contributed by atoms with Crippen LogP contribution in [-0.2, 0) is 4.33 Å². The summed E-state index contributed by atoms with van der Waals surface area (Å²) in [6.07, 6.45) is 3.72. The second-order valence-corrected chi connectivity index (χ2v) is 3.42. The summed E-state index contributed by atoms with van der Waals surface area (Å²) in [6, 6.07) is 5.89. The molecule has 0 atom stereocenters. The molecule has 0 amide bonds. The quantitative estimate of drug-likeness (QED) is 0.479. The zero-order chi connectivity index (χ0) is 9.97. The van der Waals surface area contributed by atoms with E-state index in [0.717, 1.165) is 22.2 Å². The van der Waals surface area contributed by atoms with E-state index in [1.807, 2.05) is 37.6 Å². The van der Waals surface area contributed by atoms with Crippen molar-refractivity contribution in [1.29, 1.82) is 0 Å². The van der Waals surface area contributed by atoms with Crippen LogP contribution in [0.25, 0.3) is 10.9 Å². The van der Waals surface area contributed by atoms with E-state index in [2.05, 4.69) is 4.98 Å². The van der Waals surface area contributed by atoms with Gasteiger partial charge in [0.2, 0.25) is 0 Å². The van der Waals surface area contributed by atoms with Crippen LogP contribution in [0.4, 0.5) is 0 Å². The molecule has 0 bridgehead atoms. The summed E-state index contributed by atoms with van der Waals surface area (Å²) in [6.45, 7) is 2.01. The average Bonchev–Trinajstić information content (AvgIpc) is 2.66. The summed E-state index contributed by atoms with van der Waals surface area (Å²) in [5.41, 5.74) is 2.19. The van der Waals surface area contributed by atoms with Crippen molar-refractivity contribution in [2.75, 3.05) is 6.26 Å². The van der Waals surface area contributed by atoms with Crippen molar-refractivity contribution in [2.45, 2.75) is 6.92 Å². The SMILES string of the molecule is CSOOc1ccc2[nH]ccc2c1C. The van der Waals surface area contributed by atoms with Crippen LogP contribution in [0.5, 0.6) is 5.75 Å². The molecule has 0 saturated carbocycles. The Hall–Kier alpha value is -1.13. The second kappa shape index (κ2) is 3.94. The lowest BCUT2D eigenvalue weighted by Crippen LogP contribution is -1.91. The van der Waals surface area contributed by atoms with Gasteiger partial charge in [0.25, 0.3) is 0 Å². The monoisotopic (exact) mass is 209 g/mol. The van der Waals surface area contributed by atoms with Crippen molar-refractivity contribution in [1.82, 2.24) is 4.98 Å². The normalized spacial score (nSPS) is 10.7. The number of aromatic amines is 1. The fraction of sp³-hybridized carbons (Fsp3) is 0.200. The minimum Gasteiger partial charge on any atom is -0.361 e. The molecule has 0 aliphatic heterocycles. The van der Waals surface area contributed by atoms with Crippen LogP contribution < -0.4 is 4.89 Å². The highest BCUT2D eigenvalue weighted by Gasteiger charge is 2.05. The van der Waals surface area contributed by atoms with Gasteiger partial charge in [0.15, 0.2) is 5.75 Å². The number of aryl methyl sites for hydroxylation is 1. The predicted octanol–water partition coefficient (Wildman–Crippen LogP) is 3.06. The molecule has 4 heteroatoms. The molecule has 3 nitrogen and oxygen atoms in total. The molecule has 0 fully saturated rings. The van der Waals surface area contributed by atoms with Gasteiger partial charge in [0.05, 0.1) is 0 Å². The van der Waals surface area contributed by atoms with Gasteiger partial charge >= 0.3 is 0 Å². The molecule has 2 rings (SSSR count). The second-order valence-electron chi connectivity index (χ2n) is 2.95. The van der Waals surface area contributed by atoms with Gasteiger partial charge in [-0.05, 0) is 25.1 Å². The maximum Gasteiger partial charge on any atom is 0.170 e. The Morgan fingerprint density at radius 3 is 2.93 bits per heavy atom. The Labute approximate surface area is 86.5 Å². The van der Waals surface area contributed by atoms with Gasteiger partial charge in [0, 0.05) is 41.0 Å². The minimum atomic E-state index is 0.756. The lowest BCUT2D eigenvalue weighted by Gasteiger charge is -2.05. The number of hydrogen-bond acceptors (Lipinski definition) is 3. The van der Waals surface area contributed by atoms with Crippen LogP contribution >= 0.6 is 12.0 Å². The van der Waals surface area contributed by atoms with E-state index in [1.165, 1.54) is 12.0 Å². The van der Waals surface area contributed by atoms with Crippen molar-refractivity contribution in [3.8, 4) is 5.75 Å². The first-order chi connectivity index (χ1) is 6.83. The molecule has 0 radical (unpaired) electrons. The van der Waals surface area contributed by atoms with E-state index in [9.17, 15) is 0 Å². The zero-order valence-corrected chi connectivity index (χ0v) is 8.85. The van der Waals surface area contributed by atoms with E-state index in [4.69, 9.17) is 9.22 Å². The Bertz CT molecular complexity index is 439. The summed E-state index contributed by atoms with van der Waals surface area (Å²) >= 11 is 1.18. The highest BCUT2D eigenvalue weighted by Crippen LogP contribution is 2.27. The van der Waals surface area contributed by atoms with Crippen molar-refractivity contribution in [3.63, 3.8) is 0 Å². The Kier molecular flexibility index (Phi) is 2.65. The number of aromatic nitrogens is 1. The van der Waals surface area contributed by atoms with E-state index in [1.54, 1.807) is 0 Å².